The number of hydrogen-bond donors (Lipinski definition) is 1. The lowest BCUT2D eigenvalue weighted by Gasteiger charge is -2.36. The summed E-state index contributed by atoms with van der Waals surface area (Å²) in [6, 6.07) is 0.415. The van der Waals surface area contributed by atoms with Crippen molar-refractivity contribution in [3.63, 3.8) is 0 Å². The van der Waals surface area contributed by atoms with Crippen LogP contribution in [-0.4, -0.2) is 36.8 Å². The minimum absolute atomic E-state index is 0.294. The molecule has 0 spiro atoms. The molecule has 2 rings (SSSR count). The second kappa shape index (κ2) is 6.68. The largest absolute Gasteiger partial charge is 0.375 e. The van der Waals surface area contributed by atoms with Gasteiger partial charge >= 0.3 is 0 Å². The maximum Gasteiger partial charge on any atom is 0.186 e. The minimum Gasteiger partial charge on any atom is -0.375 e. The van der Waals surface area contributed by atoms with Crippen molar-refractivity contribution in [1.29, 1.82) is 0 Å². The van der Waals surface area contributed by atoms with Crippen molar-refractivity contribution >= 4 is 16.5 Å². The van der Waals surface area contributed by atoms with Gasteiger partial charge in [-0.1, -0.05) is 6.92 Å². The number of anilines is 1. The number of nitrogens with one attached hydrogen (secondary N) is 1. The van der Waals surface area contributed by atoms with Gasteiger partial charge in [0.1, 0.15) is 0 Å². The summed E-state index contributed by atoms with van der Waals surface area (Å²) in [5.41, 5.74) is 1.16. The van der Waals surface area contributed by atoms with Crippen LogP contribution in [0.25, 0.3) is 0 Å². The van der Waals surface area contributed by atoms with E-state index in [4.69, 9.17) is 9.72 Å². The second-order valence-electron chi connectivity index (χ2n) is 5.33. The van der Waals surface area contributed by atoms with Crippen LogP contribution in [0.5, 0.6) is 0 Å². The maximum absolute atomic E-state index is 5.68. The van der Waals surface area contributed by atoms with Crippen molar-refractivity contribution in [3.05, 3.63) is 10.6 Å². The zero-order chi connectivity index (χ0) is 13.8. The smallest absolute Gasteiger partial charge is 0.186 e. The van der Waals surface area contributed by atoms with Crippen molar-refractivity contribution in [2.75, 3.05) is 24.6 Å². The first-order chi connectivity index (χ1) is 9.11. The average molecular weight is 283 g/mol. The van der Waals surface area contributed by atoms with E-state index >= 15 is 0 Å². The molecule has 0 saturated carbocycles. The zero-order valence-electron chi connectivity index (χ0n) is 12.4. The predicted octanol–water partition coefficient (Wildman–Crippen LogP) is 2.56. The van der Waals surface area contributed by atoms with E-state index in [0.717, 1.165) is 37.1 Å². The van der Waals surface area contributed by atoms with Gasteiger partial charge in [0.15, 0.2) is 5.13 Å². The molecule has 1 aliphatic rings. The van der Waals surface area contributed by atoms with Crippen LogP contribution in [0.2, 0.25) is 0 Å². The molecule has 1 aromatic heterocycles. The summed E-state index contributed by atoms with van der Waals surface area (Å²) in [7, 11) is 0. The molecule has 5 heteroatoms. The van der Waals surface area contributed by atoms with Gasteiger partial charge in [0.05, 0.1) is 24.4 Å². The third-order valence-corrected chi connectivity index (χ3v) is 4.64. The van der Waals surface area contributed by atoms with Gasteiger partial charge in [0.2, 0.25) is 0 Å². The van der Waals surface area contributed by atoms with Crippen LogP contribution in [0.4, 0.5) is 5.13 Å². The number of thiazole rings is 1. The van der Waals surface area contributed by atoms with Crippen molar-refractivity contribution < 1.29 is 4.74 Å². The first-order valence-electron chi connectivity index (χ1n) is 7.17. The topological polar surface area (TPSA) is 37.4 Å². The maximum atomic E-state index is 5.68. The molecule has 2 unspecified atom stereocenters. The summed E-state index contributed by atoms with van der Waals surface area (Å²) in [5.74, 6) is 0. The lowest BCUT2D eigenvalue weighted by molar-refractivity contribution is 0.0343. The van der Waals surface area contributed by atoms with E-state index in [-0.39, 0.29) is 0 Å². The predicted molar refractivity (Wildman–Crippen MR) is 81.1 cm³/mol. The molecule has 4 nitrogen and oxygen atoms in total. The Hall–Kier alpha value is -0.650. The molecule has 1 saturated heterocycles. The van der Waals surface area contributed by atoms with Crippen LogP contribution in [0.3, 0.4) is 0 Å². The molecule has 108 valence electrons. The summed E-state index contributed by atoms with van der Waals surface area (Å²) < 4.78 is 5.68. The van der Waals surface area contributed by atoms with E-state index < -0.39 is 0 Å². The van der Waals surface area contributed by atoms with Gasteiger partial charge in [0, 0.05) is 18.0 Å². The van der Waals surface area contributed by atoms with Crippen molar-refractivity contribution in [1.82, 2.24) is 10.3 Å². The van der Waals surface area contributed by atoms with Crippen LogP contribution < -0.4 is 10.2 Å². The Balaban J connectivity index is 2.05. The third kappa shape index (κ3) is 3.68. The van der Waals surface area contributed by atoms with Gasteiger partial charge in [-0.25, -0.2) is 4.98 Å². The highest BCUT2D eigenvalue weighted by atomic mass is 32.1. The molecule has 1 aliphatic heterocycles. The molecule has 19 heavy (non-hydrogen) atoms. The van der Waals surface area contributed by atoms with E-state index in [9.17, 15) is 0 Å². The van der Waals surface area contributed by atoms with Gasteiger partial charge in [-0.05, 0) is 33.7 Å². The monoisotopic (exact) mass is 283 g/mol. The van der Waals surface area contributed by atoms with Gasteiger partial charge in [-0.15, -0.1) is 11.3 Å². The second-order valence-corrected chi connectivity index (χ2v) is 6.39. The Labute approximate surface area is 120 Å². The number of morpholine rings is 1. The van der Waals surface area contributed by atoms with E-state index in [1.807, 2.05) is 11.3 Å². The summed E-state index contributed by atoms with van der Waals surface area (Å²) in [5, 5.41) is 4.60. The van der Waals surface area contributed by atoms with Gasteiger partial charge < -0.3 is 15.0 Å². The molecule has 0 radical (unpaired) electrons. The Morgan fingerprint density at radius 1 is 1.47 bits per heavy atom. The first kappa shape index (κ1) is 14.8. The number of nitrogens with zero attached hydrogens (tertiary/aromatic N) is 2. The quantitative estimate of drug-likeness (QED) is 0.843. The van der Waals surface area contributed by atoms with Gasteiger partial charge in [0.25, 0.3) is 0 Å². The molecule has 0 aromatic carbocycles. The standard InChI is InChI=1S/C14H25N3OS/c1-5-6-15-7-13-12(4)16-14(19-13)17-8-11(3)18-9-10(17)2/h10-11,15H,5-9H2,1-4H3. The molecule has 2 heterocycles. The number of ether oxygens (including phenoxy) is 1. The minimum atomic E-state index is 0.294. The summed E-state index contributed by atoms with van der Waals surface area (Å²) in [6.45, 7) is 12.4. The number of aryl methyl sites for hydroxylation is 1. The molecule has 0 aliphatic carbocycles. The average Bonchev–Trinajstić information content (AvgIpc) is 2.74. The van der Waals surface area contributed by atoms with E-state index in [0.29, 0.717) is 12.1 Å². The number of hydrogen-bond acceptors (Lipinski definition) is 5. The SMILES string of the molecule is CCCNCc1sc(N2CC(C)OCC2C)nc1C. The highest BCUT2D eigenvalue weighted by molar-refractivity contribution is 7.15. The fourth-order valence-corrected chi connectivity index (χ4v) is 3.39. The van der Waals surface area contributed by atoms with Crippen LogP contribution in [0.1, 0.15) is 37.8 Å². The Morgan fingerprint density at radius 2 is 2.26 bits per heavy atom. The van der Waals surface area contributed by atoms with E-state index in [1.165, 1.54) is 11.3 Å². The Kier molecular flexibility index (Phi) is 5.19. The zero-order valence-corrected chi connectivity index (χ0v) is 13.2. The highest BCUT2D eigenvalue weighted by Crippen LogP contribution is 2.29. The molecular weight excluding hydrogens is 258 g/mol. The van der Waals surface area contributed by atoms with E-state index in [1.54, 1.807) is 0 Å². The Bertz CT molecular complexity index is 407. The van der Waals surface area contributed by atoms with Crippen LogP contribution in [0.15, 0.2) is 0 Å². The molecule has 0 bridgehead atoms. The normalized spacial score (nSPS) is 23.9. The highest BCUT2D eigenvalue weighted by Gasteiger charge is 2.26. The molecule has 1 aromatic rings. The van der Waals surface area contributed by atoms with Crippen LogP contribution in [0, 0.1) is 6.92 Å². The molecule has 1 fully saturated rings. The fraction of sp³-hybridized carbons (Fsp3) is 0.786. The van der Waals surface area contributed by atoms with Crippen molar-refractivity contribution in [2.45, 2.75) is 52.8 Å². The molecule has 1 N–H and O–H groups in total. The lowest BCUT2D eigenvalue weighted by atomic mass is 10.2. The first-order valence-corrected chi connectivity index (χ1v) is 7.98. The summed E-state index contributed by atoms with van der Waals surface area (Å²) >= 11 is 1.82. The van der Waals surface area contributed by atoms with Crippen molar-refractivity contribution in [3.8, 4) is 0 Å². The summed E-state index contributed by atoms with van der Waals surface area (Å²) in [4.78, 5) is 8.49. The Morgan fingerprint density at radius 3 is 3.00 bits per heavy atom. The molecule has 0 amide bonds. The number of aromatic nitrogens is 1. The lowest BCUT2D eigenvalue weighted by Crippen LogP contribution is -2.47. The van der Waals surface area contributed by atoms with Crippen LogP contribution in [-0.2, 0) is 11.3 Å². The van der Waals surface area contributed by atoms with Crippen molar-refractivity contribution in [2.24, 2.45) is 0 Å². The summed E-state index contributed by atoms with van der Waals surface area (Å²) in [6.07, 6.45) is 1.46. The van der Waals surface area contributed by atoms with E-state index in [2.05, 4.69) is 37.9 Å². The van der Waals surface area contributed by atoms with Gasteiger partial charge in [-0.3, -0.25) is 0 Å². The molecular formula is C14H25N3OS. The third-order valence-electron chi connectivity index (χ3n) is 3.45. The van der Waals surface area contributed by atoms with Gasteiger partial charge in [-0.2, -0.15) is 0 Å². The van der Waals surface area contributed by atoms with Crippen LogP contribution >= 0.6 is 11.3 Å². The number of rotatable bonds is 5. The molecule has 2 atom stereocenters. The fourth-order valence-electron chi connectivity index (χ4n) is 2.25.